The second kappa shape index (κ2) is 7.55. The summed E-state index contributed by atoms with van der Waals surface area (Å²) in [6, 6.07) is 0.344. The van der Waals surface area contributed by atoms with Crippen LogP contribution in [0.25, 0.3) is 0 Å². The van der Waals surface area contributed by atoms with Gasteiger partial charge in [0.05, 0.1) is 0 Å². The molecule has 0 aliphatic heterocycles. The summed E-state index contributed by atoms with van der Waals surface area (Å²) in [6.07, 6.45) is 2.23. The van der Waals surface area contributed by atoms with E-state index in [0.29, 0.717) is 5.92 Å². The number of amides is 2. The van der Waals surface area contributed by atoms with E-state index in [1.54, 1.807) is 0 Å². The van der Waals surface area contributed by atoms with E-state index >= 15 is 0 Å². The normalized spacial score (nSPS) is 12.7. The lowest BCUT2D eigenvalue weighted by atomic mass is 10.0. The zero-order valence-corrected chi connectivity index (χ0v) is 10.8. The first kappa shape index (κ1) is 14.3. The van der Waals surface area contributed by atoms with Crippen LogP contribution in [0, 0.1) is 5.92 Å². The maximum absolute atomic E-state index is 11.7. The molecule has 0 heterocycles. The molecular weight excluding hydrogens is 188 g/mol. The van der Waals surface area contributed by atoms with Crippen LogP contribution >= 0.6 is 0 Å². The zero-order chi connectivity index (χ0) is 11.8. The Hall–Kier alpha value is -0.730. The van der Waals surface area contributed by atoms with Crippen LogP contribution in [-0.4, -0.2) is 30.1 Å². The summed E-state index contributed by atoms with van der Waals surface area (Å²) < 4.78 is 0. The van der Waals surface area contributed by atoms with Gasteiger partial charge in [0.1, 0.15) is 0 Å². The third-order valence-electron chi connectivity index (χ3n) is 2.60. The Balaban J connectivity index is 3.84. The van der Waals surface area contributed by atoms with E-state index in [9.17, 15) is 4.79 Å². The second-order valence-electron chi connectivity index (χ2n) is 4.49. The van der Waals surface area contributed by atoms with E-state index in [-0.39, 0.29) is 12.1 Å². The topological polar surface area (TPSA) is 32.3 Å². The van der Waals surface area contributed by atoms with Crippen LogP contribution in [0.3, 0.4) is 0 Å². The molecule has 1 atom stereocenters. The average Bonchev–Trinajstić information content (AvgIpc) is 2.16. The largest absolute Gasteiger partial charge is 0.336 e. The zero-order valence-electron chi connectivity index (χ0n) is 10.8. The minimum Gasteiger partial charge on any atom is -0.336 e. The van der Waals surface area contributed by atoms with Crippen molar-refractivity contribution >= 4 is 6.03 Å². The predicted molar refractivity (Wildman–Crippen MR) is 65.0 cm³/mol. The molecule has 0 aromatic rings. The molecule has 0 aliphatic rings. The molecule has 3 nitrogen and oxygen atoms in total. The minimum absolute atomic E-state index is 0.0660. The van der Waals surface area contributed by atoms with Gasteiger partial charge >= 0.3 is 6.03 Å². The Morgan fingerprint density at radius 1 is 1.13 bits per heavy atom. The molecule has 0 saturated carbocycles. The van der Waals surface area contributed by atoms with Gasteiger partial charge in [-0.05, 0) is 39.5 Å². The van der Waals surface area contributed by atoms with Crippen LogP contribution in [0.15, 0.2) is 0 Å². The Morgan fingerprint density at radius 2 is 1.67 bits per heavy atom. The van der Waals surface area contributed by atoms with Crippen molar-refractivity contribution in [3.8, 4) is 0 Å². The Morgan fingerprint density at radius 3 is 2.07 bits per heavy atom. The predicted octanol–water partition coefficient (Wildman–Crippen LogP) is 2.86. The molecule has 2 amide bonds. The number of nitrogens with one attached hydrogen (secondary N) is 1. The van der Waals surface area contributed by atoms with Crippen molar-refractivity contribution in [2.45, 2.75) is 53.5 Å². The van der Waals surface area contributed by atoms with Gasteiger partial charge in [0.25, 0.3) is 0 Å². The lowest BCUT2D eigenvalue weighted by Gasteiger charge is -2.22. The number of hydrogen-bond donors (Lipinski definition) is 1. The molecule has 15 heavy (non-hydrogen) atoms. The van der Waals surface area contributed by atoms with Crippen molar-refractivity contribution in [3.63, 3.8) is 0 Å². The molecular formula is C12H26N2O. The summed E-state index contributed by atoms with van der Waals surface area (Å²) in [7, 11) is 0. The maximum atomic E-state index is 11.7. The van der Waals surface area contributed by atoms with Crippen molar-refractivity contribution < 1.29 is 4.79 Å². The highest BCUT2D eigenvalue weighted by Crippen LogP contribution is 2.06. The number of carbonyl (C=O) groups excluding carboxylic acids is 1. The van der Waals surface area contributed by atoms with Crippen LogP contribution in [0.5, 0.6) is 0 Å². The highest BCUT2D eigenvalue weighted by atomic mass is 16.2. The third kappa shape index (κ3) is 6.37. The van der Waals surface area contributed by atoms with Gasteiger partial charge in [0.2, 0.25) is 0 Å². The lowest BCUT2D eigenvalue weighted by molar-refractivity contribution is 0.198. The van der Waals surface area contributed by atoms with Crippen LogP contribution in [0.2, 0.25) is 0 Å². The smallest absolute Gasteiger partial charge is 0.317 e. The molecule has 1 N–H and O–H groups in total. The molecule has 0 rings (SSSR count). The summed E-state index contributed by atoms with van der Waals surface area (Å²) in [4.78, 5) is 13.5. The van der Waals surface area contributed by atoms with Gasteiger partial charge in [-0.15, -0.1) is 0 Å². The summed E-state index contributed by atoms with van der Waals surface area (Å²) in [5.41, 5.74) is 0. The Kier molecular flexibility index (Phi) is 7.18. The number of nitrogens with zero attached hydrogens (tertiary/aromatic N) is 1. The number of rotatable bonds is 6. The van der Waals surface area contributed by atoms with Gasteiger partial charge in [0, 0.05) is 19.1 Å². The van der Waals surface area contributed by atoms with Crippen LogP contribution < -0.4 is 5.32 Å². The van der Waals surface area contributed by atoms with Crippen molar-refractivity contribution in [3.05, 3.63) is 0 Å². The van der Waals surface area contributed by atoms with Crippen LogP contribution in [0.4, 0.5) is 4.79 Å². The SMILES string of the molecule is CCN(CC)C(=O)NC(C)CCC(C)C. The van der Waals surface area contributed by atoms with E-state index in [1.807, 2.05) is 18.7 Å². The Bertz CT molecular complexity index is 176. The fourth-order valence-electron chi connectivity index (χ4n) is 1.47. The summed E-state index contributed by atoms with van der Waals surface area (Å²) in [5.74, 6) is 0.706. The standard InChI is InChI=1S/C12H26N2O/c1-6-14(7-2)12(15)13-11(5)9-8-10(3)4/h10-11H,6-9H2,1-5H3,(H,13,15). The van der Waals surface area contributed by atoms with E-state index in [0.717, 1.165) is 19.5 Å². The van der Waals surface area contributed by atoms with E-state index in [4.69, 9.17) is 0 Å². The fraction of sp³-hybridized carbons (Fsp3) is 0.917. The maximum Gasteiger partial charge on any atom is 0.317 e. The molecule has 0 aromatic heterocycles. The molecule has 0 fully saturated rings. The van der Waals surface area contributed by atoms with Crippen LogP contribution in [0.1, 0.15) is 47.5 Å². The first-order valence-corrected chi connectivity index (χ1v) is 6.06. The van der Waals surface area contributed by atoms with E-state index in [1.165, 1.54) is 6.42 Å². The van der Waals surface area contributed by atoms with Gasteiger partial charge in [-0.1, -0.05) is 13.8 Å². The first-order chi connectivity index (χ1) is 7.01. The molecule has 0 aromatic carbocycles. The first-order valence-electron chi connectivity index (χ1n) is 6.06. The van der Waals surface area contributed by atoms with E-state index < -0.39 is 0 Å². The summed E-state index contributed by atoms with van der Waals surface area (Å²) in [6.45, 7) is 12.0. The summed E-state index contributed by atoms with van der Waals surface area (Å²) >= 11 is 0. The summed E-state index contributed by atoms with van der Waals surface area (Å²) in [5, 5.41) is 3.02. The van der Waals surface area contributed by atoms with Gasteiger partial charge < -0.3 is 10.2 Å². The molecule has 0 saturated heterocycles. The number of carbonyl (C=O) groups is 1. The van der Waals surface area contributed by atoms with Crippen molar-refractivity contribution in [1.29, 1.82) is 0 Å². The molecule has 3 heteroatoms. The molecule has 1 unspecified atom stereocenters. The highest BCUT2D eigenvalue weighted by Gasteiger charge is 2.12. The molecule has 0 spiro atoms. The van der Waals surface area contributed by atoms with Crippen molar-refractivity contribution in [2.24, 2.45) is 5.92 Å². The Labute approximate surface area is 94.2 Å². The van der Waals surface area contributed by atoms with E-state index in [2.05, 4.69) is 26.1 Å². The number of urea groups is 1. The lowest BCUT2D eigenvalue weighted by Crippen LogP contribution is -2.43. The fourth-order valence-corrected chi connectivity index (χ4v) is 1.47. The molecule has 90 valence electrons. The highest BCUT2D eigenvalue weighted by molar-refractivity contribution is 5.74. The van der Waals surface area contributed by atoms with Crippen LogP contribution in [-0.2, 0) is 0 Å². The minimum atomic E-state index is 0.0660. The van der Waals surface area contributed by atoms with Crippen molar-refractivity contribution in [2.75, 3.05) is 13.1 Å². The van der Waals surface area contributed by atoms with Crippen molar-refractivity contribution in [1.82, 2.24) is 10.2 Å². The van der Waals surface area contributed by atoms with Gasteiger partial charge in [-0.25, -0.2) is 4.79 Å². The molecule has 0 radical (unpaired) electrons. The molecule has 0 bridgehead atoms. The second-order valence-corrected chi connectivity index (χ2v) is 4.49. The number of hydrogen-bond acceptors (Lipinski definition) is 1. The average molecular weight is 214 g/mol. The third-order valence-corrected chi connectivity index (χ3v) is 2.60. The van der Waals surface area contributed by atoms with Gasteiger partial charge in [-0.2, -0.15) is 0 Å². The van der Waals surface area contributed by atoms with Gasteiger partial charge in [-0.3, -0.25) is 0 Å². The monoisotopic (exact) mass is 214 g/mol. The van der Waals surface area contributed by atoms with Gasteiger partial charge in [0.15, 0.2) is 0 Å². The molecule has 0 aliphatic carbocycles. The quantitative estimate of drug-likeness (QED) is 0.724.